The molecule has 0 aliphatic heterocycles. The molecule has 3 N–H and O–H groups in total. The zero-order valence-electron chi connectivity index (χ0n) is 10.4. The predicted octanol–water partition coefficient (Wildman–Crippen LogP) is 2.89. The summed E-state index contributed by atoms with van der Waals surface area (Å²) in [4.78, 5) is 0. The van der Waals surface area contributed by atoms with E-state index in [4.69, 9.17) is 5.84 Å². The van der Waals surface area contributed by atoms with Gasteiger partial charge in [-0.1, -0.05) is 57.0 Å². The van der Waals surface area contributed by atoms with Gasteiger partial charge in [0.2, 0.25) is 0 Å². The van der Waals surface area contributed by atoms with Gasteiger partial charge in [0.25, 0.3) is 0 Å². The molecule has 16 heavy (non-hydrogen) atoms. The lowest BCUT2D eigenvalue weighted by Crippen LogP contribution is -2.36. The van der Waals surface area contributed by atoms with Gasteiger partial charge in [-0.2, -0.15) is 0 Å². The maximum Gasteiger partial charge on any atom is 0.0250 e. The monoisotopic (exact) mass is 220 g/mol. The van der Waals surface area contributed by atoms with E-state index in [0.29, 0.717) is 6.04 Å². The SMILES string of the molecule is CC(C)CCCC(Cc1ccccc1)NN. The largest absolute Gasteiger partial charge is 0.271 e. The average Bonchev–Trinajstić information content (AvgIpc) is 2.28. The van der Waals surface area contributed by atoms with Crippen molar-refractivity contribution in [3.8, 4) is 0 Å². The van der Waals surface area contributed by atoms with Gasteiger partial charge in [0.15, 0.2) is 0 Å². The molecule has 0 bridgehead atoms. The highest BCUT2D eigenvalue weighted by Crippen LogP contribution is 2.11. The molecule has 2 nitrogen and oxygen atoms in total. The summed E-state index contributed by atoms with van der Waals surface area (Å²) in [6, 6.07) is 10.9. The predicted molar refractivity (Wildman–Crippen MR) is 69.9 cm³/mol. The van der Waals surface area contributed by atoms with E-state index >= 15 is 0 Å². The molecule has 1 atom stereocenters. The maximum atomic E-state index is 5.59. The number of nitrogens with one attached hydrogen (secondary N) is 1. The molecule has 0 saturated heterocycles. The number of hydrazine groups is 1. The minimum atomic E-state index is 0.404. The first-order valence-corrected chi connectivity index (χ1v) is 6.22. The third-order valence-corrected chi connectivity index (χ3v) is 2.89. The lowest BCUT2D eigenvalue weighted by molar-refractivity contribution is 0.441. The fourth-order valence-electron chi connectivity index (χ4n) is 1.92. The highest BCUT2D eigenvalue weighted by atomic mass is 15.2. The summed E-state index contributed by atoms with van der Waals surface area (Å²) >= 11 is 0. The molecule has 0 aliphatic rings. The van der Waals surface area contributed by atoms with E-state index in [-0.39, 0.29) is 0 Å². The zero-order valence-corrected chi connectivity index (χ0v) is 10.4. The first-order valence-electron chi connectivity index (χ1n) is 6.22. The van der Waals surface area contributed by atoms with Crippen LogP contribution in [-0.4, -0.2) is 6.04 Å². The molecule has 1 unspecified atom stereocenters. The van der Waals surface area contributed by atoms with Gasteiger partial charge in [-0.15, -0.1) is 0 Å². The Morgan fingerprint density at radius 2 is 1.81 bits per heavy atom. The van der Waals surface area contributed by atoms with Crippen LogP contribution in [0.25, 0.3) is 0 Å². The lowest BCUT2D eigenvalue weighted by atomic mass is 9.99. The van der Waals surface area contributed by atoms with Crippen LogP contribution in [0, 0.1) is 5.92 Å². The Kier molecular flexibility index (Phi) is 6.12. The van der Waals surface area contributed by atoms with Crippen molar-refractivity contribution >= 4 is 0 Å². The molecular formula is C14H24N2. The Morgan fingerprint density at radius 1 is 1.12 bits per heavy atom. The fraction of sp³-hybridized carbons (Fsp3) is 0.571. The van der Waals surface area contributed by atoms with Gasteiger partial charge >= 0.3 is 0 Å². The van der Waals surface area contributed by atoms with Crippen molar-refractivity contribution in [2.75, 3.05) is 0 Å². The van der Waals surface area contributed by atoms with Gasteiger partial charge in [0, 0.05) is 6.04 Å². The van der Waals surface area contributed by atoms with Crippen molar-refractivity contribution in [2.24, 2.45) is 11.8 Å². The molecule has 0 heterocycles. The minimum Gasteiger partial charge on any atom is -0.271 e. The molecule has 0 spiro atoms. The topological polar surface area (TPSA) is 38.0 Å². The van der Waals surface area contributed by atoms with Gasteiger partial charge in [-0.05, 0) is 24.3 Å². The fourth-order valence-corrected chi connectivity index (χ4v) is 1.92. The van der Waals surface area contributed by atoms with Gasteiger partial charge in [-0.3, -0.25) is 11.3 Å². The van der Waals surface area contributed by atoms with Crippen LogP contribution in [0.2, 0.25) is 0 Å². The van der Waals surface area contributed by atoms with E-state index in [1.54, 1.807) is 0 Å². The standard InChI is InChI=1S/C14H24N2/c1-12(2)7-6-10-14(16-15)11-13-8-4-3-5-9-13/h3-5,8-9,12,14,16H,6-7,10-11,15H2,1-2H3. The summed E-state index contributed by atoms with van der Waals surface area (Å²) < 4.78 is 0. The van der Waals surface area contributed by atoms with Gasteiger partial charge < -0.3 is 0 Å². The summed E-state index contributed by atoms with van der Waals surface area (Å²) in [5, 5.41) is 0. The smallest absolute Gasteiger partial charge is 0.0250 e. The van der Waals surface area contributed by atoms with E-state index in [2.05, 4.69) is 43.5 Å². The van der Waals surface area contributed by atoms with Crippen molar-refractivity contribution < 1.29 is 0 Å². The number of benzene rings is 1. The summed E-state index contributed by atoms with van der Waals surface area (Å²) in [5.41, 5.74) is 4.28. The normalized spacial score (nSPS) is 13.0. The molecule has 0 aliphatic carbocycles. The van der Waals surface area contributed by atoms with Gasteiger partial charge in [0.05, 0.1) is 0 Å². The lowest BCUT2D eigenvalue weighted by Gasteiger charge is -2.16. The van der Waals surface area contributed by atoms with Crippen LogP contribution < -0.4 is 11.3 Å². The van der Waals surface area contributed by atoms with Crippen LogP contribution in [0.4, 0.5) is 0 Å². The van der Waals surface area contributed by atoms with Crippen LogP contribution in [0.1, 0.15) is 38.7 Å². The highest BCUT2D eigenvalue weighted by Gasteiger charge is 2.07. The number of hydrogen-bond donors (Lipinski definition) is 2. The number of hydrogen-bond acceptors (Lipinski definition) is 2. The van der Waals surface area contributed by atoms with E-state index < -0.39 is 0 Å². The van der Waals surface area contributed by atoms with E-state index in [9.17, 15) is 0 Å². The van der Waals surface area contributed by atoms with Crippen LogP contribution in [0.5, 0.6) is 0 Å². The zero-order chi connectivity index (χ0) is 11.8. The first-order chi connectivity index (χ1) is 7.72. The van der Waals surface area contributed by atoms with E-state index in [1.165, 1.54) is 18.4 Å². The van der Waals surface area contributed by atoms with Gasteiger partial charge in [0.1, 0.15) is 0 Å². The molecule has 0 fully saturated rings. The molecule has 1 aromatic rings. The molecule has 1 aromatic carbocycles. The van der Waals surface area contributed by atoms with Crippen molar-refractivity contribution in [2.45, 2.75) is 45.6 Å². The second kappa shape index (κ2) is 7.42. The molecule has 0 amide bonds. The van der Waals surface area contributed by atoms with E-state index in [1.807, 2.05) is 6.07 Å². The number of nitrogens with two attached hydrogens (primary N) is 1. The summed E-state index contributed by atoms with van der Waals surface area (Å²) in [6.45, 7) is 4.53. The summed E-state index contributed by atoms with van der Waals surface area (Å²) in [7, 11) is 0. The maximum absolute atomic E-state index is 5.59. The molecule has 1 rings (SSSR count). The van der Waals surface area contributed by atoms with Crippen molar-refractivity contribution in [3.05, 3.63) is 35.9 Å². The molecule has 0 aromatic heterocycles. The van der Waals surface area contributed by atoms with Crippen molar-refractivity contribution in [1.82, 2.24) is 5.43 Å². The third kappa shape index (κ3) is 5.29. The summed E-state index contributed by atoms with van der Waals surface area (Å²) in [5.74, 6) is 6.37. The second-order valence-electron chi connectivity index (χ2n) is 4.88. The van der Waals surface area contributed by atoms with Crippen LogP contribution in [-0.2, 0) is 6.42 Å². The van der Waals surface area contributed by atoms with Crippen LogP contribution in [0.3, 0.4) is 0 Å². The third-order valence-electron chi connectivity index (χ3n) is 2.89. The molecule has 2 heteroatoms. The molecular weight excluding hydrogens is 196 g/mol. The second-order valence-corrected chi connectivity index (χ2v) is 4.88. The van der Waals surface area contributed by atoms with Crippen molar-refractivity contribution in [3.63, 3.8) is 0 Å². The Bertz CT molecular complexity index is 269. The Morgan fingerprint density at radius 3 is 2.38 bits per heavy atom. The molecule has 0 radical (unpaired) electrons. The molecule has 0 saturated carbocycles. The average molecular weight is 220 g/mol. The minimum absolute atomic E-state index is 0.404. The number of rotatable bonds is 7. The first kappa shape index (κ1) is 13.2. The van der Waals surface area contributed by atoms with Gasteiger partial charge in [-0.25, -0.2) is 0 Å². The Labute approximate surface area is 99.2 Å². The summed E-state index contributed by atoms with van der Waals surface area (Å²) in [6.07, 6.45) is 4.71. The van der Waals surface area contributed by atoms with Crippen LogP contribution in [0.15, 0.2) is 30.3 Å². The Balaban J connectivity index is 2.32. The van der Waals surface area contributed by atoms with E-state index in [0.717, 1.165) is 18.8 Å². The Hall–Kier alpha value is -0.860. The van der Waals surface area contributed by atoms with Crippen LogP contribution >= 0.6 is 0 Å². The van der Waals surface area contributed by atoms with Crippen molar-refractivity contribution in [1.29, 1.82) is 0 Å². The highest BCUT2D eigenvalue weighted by molar-refractivity contribution is 5.15. The molecule has 90 valence electrons. The quantitative estimate of drug-likeness (QED) is 0.548.